The third kappa shape index (κ3) is 3.95. The predicted octanol–water partition coefficient (Wildman–Crippen LogP) is 3.53. The molecule has 2 aromatic rings. The molecule has 3 rings (SSSR count). The number of pyridine rings is 1. The Labute approximate surface area is 158 Å². The van der Waals surface area contributed by atoms with Crippen molar-refractivity contribution in [2.24, 2.45) is 0 Å². The first-order valence-electron chi connectivity index (χ1n) is 9.49. The van der Waals surface area contributed by atoms with Crippen molar-refractivity contribution < 1.29 is 4.79 Å². The molecule has 0 N–H and O–H groups in total. The van der Waals surface area contributed by atoms with Gasteiger partial charge in [-0.2, -0.15) is 11.8 Å². The first kappa shape index (κ1) is 19.0. The Bertz CT molecular complexity index is 827. The van der Waals surface area contributed by atoms with Crippen molar-refractivity contribution in [2.75, 3.05) is 18.1 Å². The van der Waals surface area contributed by atoms with Crippen molar-refractivity contribution in [1.29, 1.82) is 0 Å². The largest absolute Gasteiger partial charge is 0.335 e. The normalized spacial score (nSPS) is 15.3. The second-order valence-corrected chi connectivity index (χ2v) is 8.22. The molecule has 140 valence electrons. The third-order valence-electron chi connectivity index (χ3n) is 5.11. The Morgan fingerprint density at radius 3 is 2.81 bits per heavy atom. The molecule has 0 spiro atoms. The molecule has 1 aliphatic carbocycles. The van der Waals surface area contributed by atoms with Crippen LogP contribution in [-0.4, -0.2) is 44.3 Å². The molecule has 1 amide bonds. The van der Waals surface area contributed by atoms with Crippen LogP contribution in [-0.2, 0) is 0 Å². The number of fused-ring (bicyclic) bond motifs is 1. The van der Waals surface area contributed by atoms with Crippen molar-refractivity contribution in [1.82, 2.24) is 14.3 Å². The molecule has 1 saturated carbocycles. The second kappa shape index (κ2) is 8.71. The molecule has 1 aliphatic rings. The third-order valence-corrected chi connectivity index (χ3v) is 5.99. The zero-order chi connectivity index (χ0) is 18.5. The number of thioether (sulfide) groups is 1. The number of nitrogens with zero attached hydrogens (tertiary/aromatic N) is 3. The lowest BCUT2D eigenvalue weighted by molar-refractivity contribution is 0.0648. The van der Waals surface area contributed by atoms with Gasteiger partial charge in [0.05, 0.1) is 0 Å². The Kier molecular flexibility index (Phi) is 6.35. The molecule has 0 aliphatic heterocycles. The van der Waals surface area contributed by atoms with Gasteiger partial charge >= 0.3 is 0 Å². The van der Waals surface area contributed by atoms with E-state index in [2.05, 4.69) is 11.9 Å². The Balaban J connectivity index is 1.95. The molecule has 0 bridgehead atoms. The summed E-state index contributed by atoms with van der Waals surface area (Å²) in [6, 6.07) is 5.76. The Morgan fingerprint density at radius 1 is 1.31 bits per heavy atom. The van der Waals surface area contributed by atoms with E-state index in [1.54, 1.807) is 6.07 Å². The SMILES string of the molecule is CCSCCN(C(=O)c1cnc2cccc(C)n2c1=O)C1CCCCC1. The lowest BCUT2D eigenvalue weighted by Crippen LogP contribution is -2.45. The zero-order valence-electron chi connectivity index (χ0n) is 15.6. The highest BCUT2D eigenvalue weighted by Gasteiger charge is 2.28. The minimum atomic E-state index is -0.262. The summed E-state index contributed by atoms with van der Waals surface area (Å²) in [7, 11) is 0. The number of amides is 1. The number of aromatic nitrogens is 2. The van der Waals surface area contributed by atoms with E-state index >= 15 is 0 Å². The molecular weight excluding hydrogens is 346 g/mol. The van der Waals surface area contributed by atoms with Crippen LogP contribution >= 0.6 is 11.8 Å². The van der Waals surface area contributed by atoms with E-state index in [9.17, 15) is 9.59 Å². The molecule has 0 aromatic carbocycles. The molecule has 26 heavy (non-hydrogen) atoms. The van der Waals surface area contributed by atoms with E-state index in [1.807, 2.05) is 35.7 Å². The van der Waals surface area contributed by atoms with Gasteiger partial charge in [-0.25, -0.2) is 4.98 Å². The molecular formula is C20H27N3O2S. The highest BCUT2D eigenvalue weighted by atomic mass is 32.2. The fraction of sp³-hybridized carbons (Fsp3) is 0.550. The highest BCUT2D eigenvalue weighted by Crippen LogP contribution is 2.24. The monoisotopic (exact) mass is 373 g/mol. The fourth-order valence-corrected chi connectivity index (χ4v) is 4.34. The van der Waals surface area contributed by atoms with Gasteiger partial charge in [-0.1, -0.05) is 32.3 Å². The van der Waals surface area contributed by atoms with E-state index in [1.165, 1.54) is 17.0 Å². The van der Waals surface area contributed by atoms with Gasteiger partial charge in [0.2, 0.25) is 0 Å². The summed E-state index contributed by atoms with van der Waals surface area (Å²) >= 11 is 1.83. The van der Waals surface area contributed by atoms with Crippen LogP contribution in [0.2, 0.25) is 0 Å². The summed E-state index contributed by atoms with van der Waals surface area (Å²) in [4.78, 5) is 32.5. The van der Waals surface area contributed by atoms with E-state index in [-0.39, 0.29) is 23.1 Å². The van der Waals surface area contributed by atoms with Gasteiger partial charge in [-0.15, -0.1) is 0 Å². The van der Waals surface area contributed by atoms with Gasteiger partial charge in [0.1, 0.15) is 11.2 Å². The summed E-state index contributed by atoms with van der Waals surface area (Å²) in [5, 5.41) is 0. The molecule has 0 atom stereocenters. The summed E-state index contributed by atoms with van der Waals surface area (Å²) in [5.74, 6) is 1.77. The minimum absolute atomic E-state index is 0.163. The van der Waals surface area contributed by atoms with Gasteiger partial charge in [-0.3, -0.25) is 14.0 Å². The van der Waals surface area contributed by atoms with Crippen molar-refractivity contribution in [2.45, 2.75) is 52.0 Å². The lowest BCUT2D eigenvalue weighted by Gasteiger charge is -2.34. The smallest absolute Gasteiger partial charge is 0.270 e. The van der Waals surface area contributed by atoms with Crippen molar-refractivity contribution in [3.05, 3.63) is 46.0 Å². The topological polar surface area (TPSA) is 54.7 Å². The molecule has 0 radical (unpaired) electrons. The first-order valence-corrected chi connectivity index (χ1v) is 10.6. The number of carbonyl (C=O) groups excluding carboxylic acids is 1. The second-order valence-electron chi connectivity index (χ2n) is 6.83. The van der Waals surface area contributed by atoms with Crippen LogP contribution in [0.15, 0.2) is 29.2 Å². The van der Waals surface area contributed by atoms with Gasteiger partial charge in [0, 0.05) is 30.2 Å². The molecule has 5 nitrogen and oxygen atoms in total. The number of rotatable bonds is 6. The maximum atomic E-state index is 13.3. The molecule has 1 fully saturated rings. The van der Waals surface area contributed by atoms with Crippen molar-refractivity contribution in [3.8, 4) is 0 Å². The number of hydrogen-bond acceptors (Lipinski definition) is 4. The van der Waals surface area contributed by atoms with Crippen LogP contribution in [0, 0.1) is 6.92 Å². The van der Waals surface area contributed by atoms with Crippen LogP contribution in [0.5, 0.6) is 0 Å². The van der Waals surface area contributed by atoms with Crippen LogP contribution in [0.3, 0.4) is 0 Å². The van der Waals surface area contributed by atoms with E-state index in [0.29, 0.717) is 12.2 Å². The summed E-state index contributed by atoms with van der Waals surface area (Å²) in [5.41, 5.74) is 1.30. The Hall–Kier alpha value is -1.82. The predicted molar refractivity (Wildman–Crippen MR) is 107 cm³/mol. The van der Waals surface area contributed by atoms with Crippen LogP contribution in [0.25, 0.3) is 5.65 Å². The average molecular weight is 374 g/mol. The number of hydrogen-bond donors (Lipinski definition) is 0. The van der Waals surface area contributed by atoms with E-state index in [0.717, 1.165) is 42.9 Å². The average Bonchev–Trinajstić information content (AvgIpc) is 2.66. The fourth-order valence-electron chi connectivity index (χ4n) is 3.73. The molecule has 6 heteroatoms. The van der Waals surface area contributed by atoms with Crippen molar-refractivity contribution >= 4 is 23.3 Å². The van der Waals surface area contributed by atoms with Crippen LogP contribution in [0.4, 0.5) is 0 Å². The summed E-state index contributed by atoms with van der Waals surface area (Å²) < 4.78 is 1.53. The van der Waals surface area contributed by atoms with Gasteiger partial charge < -0.3 is 4.90 Å². The lowest BCUT2D eigenvalue weighted by atomic mass is 9.94. The van der Waals surface area contributed by atoms with Crippen LogP contribution in [0.1, 0.15) is 55.1 Å². The molecule has 0 saturated heterocycles. The van der Waals surface area contributed by atoms with Crippen LogP contribution < -0.4 is 5.56 Å². The van der Waals surface area contributed by atoms with Crippen molar-refractivity contribution in [3.63, 3.8) is 0 Å². The number of aryl methyl sites for hydroxylation is 1. The van der Waals surface area contributed by atoms with Gasteiger partial charge in [0.25, 0.3) is 11.5 Å². The molecule has 2 aromatic heterocycles. The van der Waals surface area contributed by atoms with Gasteiger partial charge in [-0.05, 0) is 37.7 Å². The highest BCUT2D eigenvalue weighted by molar-refractivity contribution is 7.99. The zero-order valence-corrected chi connectivity index (χ0v) is 16.4. The maximum absolute atomic E-state index is 13.3. The summed E-state index contributed by atoms with van der Waals surface area (Å²) in [6.45, 7) is 4.68. The number of carbonyl (C=O) groups is 1. The summed E-state index contributed by atoms with van der Waals surface area (Å²) in [6.07, 6.45) is 7.07. The minimum Gasteiger partial charge on any atom is -0.335 e. The standard InChI is InChI=1S/C20H27N3O2S/c1-3-26-13-12-22(16-9-5-4-6-10-16)19(24)17-14-21-18-11-7-8-15(2)23(18)20(17)25/h7-8,11,14,16H,3-6,9-10,12-13H2,1-2H3. The first-order chi connectivity index (χ1) is 12.6. The Morgan fingerprint density at radius 2 is 2.08 bits per heavy atom. The van der Waals surface area contributed by atoms with Gasteiger partial charge in [0.15, 0.2) is 0 Å². The van der Waals surface area contributed by atoms with E-state index < -0.39 is 0 Å². The molecule has 2 heterocycles. The molecule has 0 unspecified atom stereocenters. The quantitative estimate of drug-likeness (QED) is 0.727. The van der Waals surface area contributed by atoms with E-state index in [4.69, 9.17) is 0 Å². The maximum Gasteiger partial charge on any atom is 0.270 e.